The topological polar surface area (TPSA) is 77.6 Å². The van der Waals surface area contributed by atoms with Crippen molar-refractivity contribution in [2.45, 2.75) is 58.2 Å². The van der Waals surface area contributed by atoms with Crippen molar-refractivity contribution < 1.29 is 14.5 Å². The Labute approximate surface area is 176 Å². The molecule has 0 N–H and O–H groups in total. The van der Waals surface area contributed by atoms with Gasteiger partial charge in [-0.05, 0) is 46.2 Å². The molecule has 2 atom stereocenters. The number of para-hydroxylation sites is 1. The van der Waals surface area contributed by atoms with E-state index in [1.54, 1.807) is 18.2 Å². The van der Waals surface area contributed by atoms with Crippen LogP contribution in [-0.4, -0.2) is 32.5 Å². The van der Waals surface area contributed by atoms with Crippen LogP contribution < -0.4 is 0 Å². The second-order valence-electron chi connectivity index (χ2n) is 8.94. The van der Waals surface area contributed by atoms with Gasteiger partial charge in [-0.1, -0.05) is 18.2 Å². The highest BCUT2D eigenvalue weighted by Crippen LogP contribution is 2.48. The zero-order valence-electron chi connectivity index (χ0n) is 17.8. The molecule has 0 saturated carbocycles. The second kappa shape index (κ2) is 7.31. The number of carbonyl (C=O) groups excluding carboxylic acids is 1. The summed E-state index contributed by atoms with van der Waals surface area (Å²) in [6.45, 7) is 9.06. The number of benzene rings is 1. The Bertz CT molecular complexity index is 1030. The van der Waals surface area contributed by atoms with Crippen LogP contribution in [0.15, 0.2) is 53.9 Å². The van der Waals surface area contributed by atoms with Crippen molar-refractivity contribution in [2.24, 2.45) is 0 Å². The van der Waals surface area contributed by atoms with Gasteiger partial charge in [0.15, 0.2) is 0 Å². The second-order valence-corrected chi connectivity index (χ2v) is 8.94. The summed E-state index contributed by atoms with van der Waals surface area (Å²) in [5, 5.41) is 11.7. The van der Waals surface area contributed by atoms with Gasteiger partial charge in [-0.15, -0.1) is 0 Å². The fraction of sp³-hybridized carbons (Fsp3) is 0.435. The number of esters is 1. The summed E-state index contributed by atoms with van der Waals surface area (Å²) in [5.41, 5.74) is 2.49. The summed E-state index contributed by atoms with van der Waals surface area (Å²) in [6, 6.07) is 10.9. The Kier molecular flexibility index (Phi) is 4.92. The Morgan fingerprint density at radius 1 is 1.17 bits per heavy atom. The average Bonchev–Trinajstić information content (AvgIpc) is 3.15. The molecule has 0 unspecified atom stereocenters. The molecule has 3 heterocycles. The number of allylic oxidation sites excluding steroid dienone is 1. The monoisotopic (exact) mass is 409 g/mol. The third-order valence-electron chi connectivity index (χ3n) is 5.92. The number of hydrogen-bond donors (Lipinski definition) is 0. The summed E-state index contributed by atoms with van der Waals surface area (Å²) in [7, 11) is 0. The number of fused-ring (bicyclic) bond motifs is 3. The summed E-state index contributed by atoms with van der Waals surface area (Å²) >= 11 is 0. The van der Waals surface area contributed by atoms with Gasteiger partial charge in [-0.3, -0.25) is 10.1 Å². The van der Waals surface area contributed by atoms with E-state index < -0.39 is 17.5 Å². The van der Waals surface area contributed by atoms with Gasteiger partial charge in [0.25, 0.3) is 5.69 Å². The quantitative estimate of drug-likeness (QED) is 0.422. The normalized spacial score (nSPS) is 21.1. The lowest BCUT2D eigenvalue weighted by Crippen LogP contribution is -2.43. The molecule has 0 spiro atoms. The van der Waals surface area contributed by atoms with Crippen molar-refractivity contribution in [3.05, 3.63) is 75.2 Å². The Morgan fingerprint density at radius 2 is 1.90 bits per heavy atom. The molecule has 0 saturated heterocycles. The molecule has 4 rings (SSSR count). The zero-order chi connectivity index (χ0) is 21.6. The Morgan fingerprint density at radius 3 is 2.60 bits per heavy atom. The van der Waals surface area contributed by atoms with Gasteiger partial charge in [0.05, 0.1) is 16.5 Å². The predicted octanol–water partition coefficient (Wildman–Crippen LogP) is 4.56. The first-order valence-corrected chi connectivity index (χ1v) is 10.3. The maximum absolute atomic E-state index is 13.3. The molecule has 2 aromatic rings. The number of aromatic nitrogens is 1. The molecule has 0 aliphatic carbocycles. The van der Waals surface area contributed by atoms with Crippen LogP contribution in [0.3, 0.4) is 0 Å². The molecular weight excluding hydrogens is 382 g/mol. The summed E-state index contributed by atoms with van der Waals surface area (Å²) < 4.78 is 7.96. The highest BCUT2D eigenvalue weighted by Gasteiger charge is 2.43. The highest BCUT2D eigenvalue weighted by atomic mass is 16.6. The van der Waals surface area contributed by atoms with Crippen LogP contribution in [0.2, 0.25) is 0 Å². The Hall–Kier alpha value is -3.09. The van der Waals surface area contributed by atoms with Crippen LogP contribution in [0.1, 0.15) is 57.3 Å². The lowest BCUT2D eigenvalue weighted by molar-refractivity contribution is -0.385. The molecule has 0 fully saturated rings. The number of nitro groups is 1. The molecule has 158 valence electrons. The molecule has 0 bridgehead atoms. The minimum atomic E-state index is -0.648. The average molecular weight is 409 g/mol. The summed E-state index contributed by atoms with van der Waals surface area (Å²) in [5.74, 6) is -0.813. The van der Waals surface area contributed by atoms with E-state index in [1.165, 1.54) is 11.8 Å². The van der Waals surface area contributed by atoms with Crippen LogP contribution in [0.4, 0.5) is 5.69 Å². The number of nitro benzene ring substituents is 1. The predicted molar refractivity (Wildman–Crippen MR) is 113 cm³/mol. The van der Waals surface area contributed by atoms with Gasteiger partial charge in [-0.25, -0.2) is 4.79 Å². The maximum atomic E-state index is 13.3. The SMILES string of the molecule is CC1=C(C(=O)OC(C)(C)C)[C@H](c2ccccc2[N+](=O)[O-])C[C@@H]2c3cccn3CCN12. The van der Waals surface area contributed by atoms with Gasteiger partial charge in [-0.2, -0.15) is 0 Å². The highest BCUT2D eigenvalue weighted by molar-refractivity contribution is 5.92. The minimum absolute atomic E-state index is 0.0380. The van der Waals surface area contributed by atoms with Gasteiger partial charge in [0.2, 0.25) is 0 Å². The smallest absolute Gasteiger partial charge is 0.336 e. The minimum Gasteiger partial charge on any atom is -0.457 e. The lowest BCUT2D eigenvalue weighted by Gasteiger charge is -2.45. The zero-order valence-corrected chi connectivity index (χ0v) is 17.8. The van der Waals surface area contributed by atoms with E-state index in [0.29, 0.717) is 17.6 Å². The van der Waals surface area contributed by atoms with Crippen molar-refractivity contribution in [3.8, 4) is 0 Å². The summed E-state index contributed by atoms with van der Waals surface area (Å²) in [4.78, 5) is 26.9. The maximum Gasteiger partial charge on any atom is 0.336 e. The first kappa shape index (κ1) is 20.2. The fourth-order valence-corrected chi connectivity index (χ4v) is 4.72. The first-order chi connectivity index (χ1) is 14.2. The molecule has 0 radical (unpaired) electrons. The van der Waals surface area contributed by atoms with Crippen LogP contribution in [0.25, 0.3) is 0 Å². The van der Waals surface area contributed by atoms with Gasteiger partial charge >= 0.3 is 5.97 Å². The van der Waals surface area contributed by atoms with Gasteiger partial charge in [0, 0.05) is 48.2 Å². The summed E-state index contributed by atoms with van der Waals surface area (Å²) in [6.07, 6.45) is 2.65. The first-order valence-electron chi connectivity index (χ1n) is 10.3. The van der Waals surface area contributed by atoms with Crippen LogP contribution in [0, 0.1) is 10.1 Å². The van der Waals surface area contributed by atoms with Crippen molar-refractivity contribution in [3.63, 3.8) is 0 Å². The van der Waals surface area contributed by atoms with Crippen LogP contribution >= 0.6 is 0 Å². The number of nitrogens with zero attached hydrogens (tertiary/aromatic N) is 3. The third-order valence-corrected chi connectivity index (χ3v) is 5.92. The van der Waals surface area contributed by atoms with Gasteiger partial charge < -0.3 is 14.2 Å². The molecule has 0 amide bonds. The van der Waals surface area contributed by atoms with E-state index in [1.807, 2.05) is 33.8 Å². The largest absolute Gasteiger partial charge is 0.457 e. The molecule has 1 aromatic carbocycles. The molecule has 7 nitrogen and oxygen atoms in total. The van der Waals surface area contributed by atoms with E-state index >= 15 is 0 Å². The fourth-order valence-electron chi connectivity index (χ4n) is 4.72. The van der Waals surface area contributed by atoms with E-state index in [0.717, 1.165) is 18.8 Å². The number of hydrogen-bond acceptors (Lipinski definition) is 5. The van der Waals surface area contributed by atoms with Crippen molar-refractivity contribution in [1.82, 2.24) is 9.47 Å². The molecule has 2 aliphatic rings. The number of rotatable bonds is 3. The molecular formula is C23H27N3O4. The third kappa shape index (κ3) is 3.49. The van der Waals surface area contributed by atoms with Crippen LogP contribution in [0.5, 0.6) is 0 Å². The van der Waals surface area contributed by atoms with E-state index in [-0.39, 0.29) is 16.7 Å². The van der Waals surface area contributed by atoms with Crippen molar-refractivity contribution >= 4 is 11.7 Å². The number of carbonyl (C=O) groups is 1. The molecule has 1 aromatic heterocycles. The van der Waals surface area contributed by atoms with E-state index in [4.69, 9.17) is 4.74 Å². The van der Waals surface area contributed by atoms with Gasteiger partial charge in [0.1, 0.15) is 5.60 Å². The lowest BCUT2D eigenvalue weighted by atomic mass is 9.78. The Balaban J connectivity index is 1.87. The van der Waals surface area contributed by atoms with Crippen LogP contribution in [-0.2, 0) is 16.1 Å². The van der Waals surface area contributed by atoms with Crippen molar-refractivity contribution in [2.75, 3.05) is 6.54 Å². The molecule has 7 heteroatoms. The standard InChI is InChI=1S/C23H27N3O4/c1-15-21(22(27)30-23(2,3)4)17(16-8-5-6-9-18(16)26(28)29)14-20-19-10-7-11-24(19)12-13-25(15)20/h5-11,17,20H,12-14H2,1-4H3/t17-,20+/m0/s1. The molecule has 30 heavy (non-hydrogen) atoms. The van der Waals surface area contributed by atoms with Crippen molar-refractivity contribution in [1.29, 1.82) is 0 Å². The van der Waals surface area contributed by atoms with E-state index in [9.17, 15) is 14.9 Å². The molecule has 2 aliphatic heterocycles. The van der Waals surface area contributed by atoms with E-state index in [2.05, 4.69) is 21.7 Å². The number of ether oxygens (including phenoxy) is 1.